The molecule has 17 heavy (non-hydrogen) atoms. The van der Waals surface area contributed by atoms with Gasteiger partial charge in [-0.25, -0.2) is 4.79 Å². The summed E-state index contributed by atoms with van der Waals surface area (Å²) in [5.41, 5.74) is 2.20. The molecule has 0 aliphatic carbocycles. The Labute approximate surface area is 102 Å². The summed E-state index contributed by atoms with van der Waals surface area (Å²) in [5.74, 6) is 0.376. The van der Waals surface area contributed by atoms with Crippen molar-refractivity contribution in [1.82, 2.24) is 5.32 Å². The maximum atomic E-state index is 11.2. The molecule has 94 valence electrons. The second kappa shape index (κ2) is 6.91. The lowest BCUT2D eigenvalue weighted by Gasteiger charge is -2.11. The first-order valence-electron chi connectivity index (χ1n) is 5.70. The highest BCUT2D eigenvalue weighted by Gasteiger charge is 2.07. The molecule has 0 aromatic heterocycles. The lowest BCUT2D eigenvalue weighted by molar-refractivity contribution is -0.145. The monoisotopic (exact) mass is 237 g/mol. The van der Waals surface area contributed by atoms with Crippen LogP contribution in [0.15, 0.2) is 18.2 Å². The zero-order valence-electron chi connectivity index (χ0n) is 10.6. The molecule has 0 unspecified atom stereocenters. The Balaban J connectivity index is 2.66. The molecule has 4 nitrogen and oxygen atoms in total. The minimum atomic E-state index is -0.344. The summed E-state index contributed by atoms with van der Waals surface area (Å²) >= 11 is 0. The van der Waals surface area contributed by atoms with Crippen molar-refractivity contribution in [2.75, 3.05) is 20.3 Å². The Morgan fingerprint density at radius 1 is 1.41 bits per heavy atom. The summed E-state index contributed by atoms with van der Waals surface area (Å²) in [4.78, 5) is 11.2. The average molecular weight is 237 g/mol. The highest BCUT2D eigenvalue weighted by molar-refractivity contribution is 5.71. The molecule has 0 heterocycles. The lowest BCUT2D eigenvalue weighted by Crippen LogP contribution is -2.16. The van der Waals surface area contributed by atoms with E-state index in [1.54, 1.807) is 6.92 Å². The minimum absolute atomic E-state index is 0.0480. The van der Waals surface area contributed by atoms with Gasteiger partial charge in [0.15, 0.2) is 6.61 Å². The third-order valence-electron chi connectivity index (χ3n) is 2.23. The number of hydrogen-bond acceptors (Lipinski definition) is 4. The molecule has 0 bridgehead atoms. The van der Waals surface area contributed by atoms with E-state index in [9.17, 15) is 4.79 Å². The number of rotatable bonds is 6. The predicted molar refractivity (Wildman–Crippen MR) is 66.1 cm³/mol. The van der Waals surface area contributed by atoms with Crippen LogP contribution in [0.25, 0.3) is 0 Å². The maximum Gasteiger partial charge on any atom is 0.344 e. The molecule has 0 spiro atoms. The number of hydrogen-bond donors (Lipinski definition) is 1. The number of carbonyl (C=O) groups is 1. The fraction of sp³-hybridized carbons (Fsp3) is 0.462. The van der Waals surface area contributed by atoms with E-state index in [2.05, 4.69) is 5.32 Å². The summed E-state index contributed by atoms with van der Waals surface area (Å²) in [7, 11) is 1.87. The molecule has 0 aliphatic rings. The van der Waals surface area contributed by atoms with Crippen molar-refractivity contribution in [1.29, 1.82) is 0 Å². The second-order valence-corrected chi connectivity index (χ2v) is 3.74. The molecule has 0 aliphatic heterocycles. The maximum absolute atomic E-state index is 11.2. The van der Waals surface area contributed by atoms with E-state index in [0.717, 1.165) is 11.3 Å². The standard InChI is InChI=1S/C13H19NO3/c1-4-16-13(15)9-17-12-6-5-10(2)7-11(12)8-14-3/h5-7,14H,4,8-9H2,1-3H3. The Morgan fingerprint density at radius 2 is 2.18 bits per heavy atom. The van der Waals surface area contributed by atoms with E-state index in [0.29, 0.717) is 13.2 Å². The highest BCUT2D eigenvalue weighted by atomic mass is 16.6. The Morgan fingerprint density at radius 3 is 2.82 bits per heavy atom. The van der Waals surface area contributed by atoms with Crippen LogP contribution in [0.5, 0.6) is 5.75 Å². The number of carbonyl (C=O) groups excluding carboxylic acids is 1. The summed E-state index contributed by atoms with van der Waals surface area (Å²) in [6.45, 7) is 4.83. The molecule has 0 amide bonds. The van der Waals surface area contributed by atoms with E-state index in [1.165, 1.54) is 5.56 Å². The Hall–Kier alpha value is -1.55. The van der Waals surface area contributed by atoms with Crippen LogP contribution < -0.4 is 10.1 Å². The minimum Gasteiger partial charge on any atom is -0.482 e. The van der Waals surface area contributed by atoms with Gasteiger partial charge in [-0.2, -0.15) is 0 Å². The van der Waals surface area contributed by atoms with Crippen molar-refractivity contribution < 1.29 is 14.3 Å². The molecule has 1 rings (SSSR count). The first-order chi connectivity index (χ1) is 8.17. The van der Waals surface area contributed by atoms with Gasteiger partial charge in [-0.15, -0.1) is 0 Å². The van der Waals surface area contributed by atoms with Gasteiger partial charge in [0.1, 0.15) is 5.75 Å². The third-order valence-corrected chi connectivity index (χ3v) is 2.23. The van der Waals surface area contributed by atoms with Gasteiger partial charge in [-0.05, 0) is 27.0 Å². The highest BCUT2D eigenvalue weighted by Crippen LogP contribution is 2.19. The zero-order valence-corrected chi connectivity index (χ0v) is 10.6. The molecule has 1 aromatic carbocycles. The van der Waals surface area contributed by atoms with Gasteiger partial charge in [0.05, 0.1) is 6.61 Å². The summed E-state index contributed by atoms with van der Waals surface area (Å²) in [5, 5.41) is 3.07. The molecule has 0 fully saturated rings. The van der Waals surface area contributed by atoms with Crippen LogP contribution >= 0.6 is 0 Å². The molecule has 0 radical (unpaired) electrons. The first kappa shape index (κ1) is 13.5. The molecular weight excluding hydrogens is 218 g/mol. The molecule has 1 N–H and O–H groups in total. The SMILES string of the molecule is CCOC(=O)COc1ccc(C)cc1CNC. The topological polar surface area (TPSA) is 47.6 Å². The number of esters is 1. The Bertz CT molecular complexity index is 377. The average Bonchev–Trinajstić information content (AvgIpc) is 2.29. The van der Waals surface area contributed by atoms with E-state index in [1.807, 2.05) is 32.2 Å². The van der Waals surface area contributed by atoms with Crippen molar-refractivity contribution in [3.63, 3.8) is 0 Å². The quantitative estimate of drug-likeness (QED) is 0.764. The summed E-state index contributed by atoms with van der Waals surface area (Å²) in [6, 6.07) is 5.87. The van der Waals surface area contributed by atoms with Gasteiger partial charge in [0.25, 0.3) is 0 Å². The smallest absolute Gasteiger partial charge is 0.344 e. The van der Waals surface area contributed by atoms with Gasteiger partial charge in [0.2, 0.25) is 0 Å². The number of nitrogens with one attached hydrogen (secondary N) is 1. The zero-order chi connectivity index (χ0) is 12.7. The van der Waals surface area contributed by atoms with Crippen LogP contribution in [-0.2, 0) is 16.1 Å². The number of ether oxygens (including phenoxy) is 2. The summed E-state index contributed by atoms with van der Waals surface area (Å²) < 4.78 is 10.3. The molecule has 4 heteroatoms. The van der Waals surface area contributed by atoms with Crippen molar-refractivity contribution in [2.24, 2.45) is 0 Å². The molecule has 0 saturated carbocycles. The van der Waals surface area contributed by atoms with Crippen molar-refractivity contribution in [3.8, 4) is 5.75 Å². The van der Waals surface area contributed by atoms with Crippen LogP contribution in [0.1, 0.15) is 18.1 Å². The molecular formula is C13H19NO3. The van der Waals surface area contributed by atoms with Crippen molar-refractivity contribution >= 4 is 5.97 Å². The van der Waals surface area contributed by atoms with Gasteiger partial charge < -0.3 is 14.8 Å². The molecule has 0 atom stereocenters. The van der Waals surface area contributed by atoms with Crippen molar-refractivity contribution in [3.05, 3.63) is 29.3 Å². The van der Waals surface area contributed by atoms with E-state index in [-0.39, 0.29) is 12.6 Å². The van der Waals surface area contributed by atoms with Gasteiger partial charge in [-0.1, -0.05) is 17.7 Å². The fourth-order valence-electron chi connectivity index (χ4n) is 1.52. The van der Waals surface area contributed by atoms with E-state index in [4.69, 9.17) is 9.47 Å². The van der Waals surface area contributed by atoms with Crippen LogP contribution in [0, 0.1) is 6.92 Å². The first-order valence-corrected chi connectivity index (χ1v) is 5.70. The van der Waals surface area contributed by atoms with E-state index >= 15 is 0 Å². The normalized spacial score (nSPS) is 10.1. The van der Waals surface area contributed by atoms with Gasteiger partial charge >= 0.3 is 5.97 Å². The van der Waals surface area contributed by atoms with Gasteiger partial charge in [-0.3, -0.25) is 0 Å². The molecule has 1 aromatic rings. The predicted octanol–water partition coefficient (Wildman–Crippen LogP) is 1.66. The Kier molecular flexibility index (Phi) is 5.49. The fourth-order valence-corrected chi connectivity index (χ4v) is 1.52. The second-order valence-electron chi connectivity index (χ2n) is 3.74. The lowest BCUT2D eigenvalue weighted by atomic mass is 10.1. The van der Waals surface area contributed by atoms with Gasteiger partial charge in [0, 0.05) is 12.1 Å². The molecule has 0 saturated heterocycles. The largest absolute Gasteiger partial charge is 0.482 e. The van der Waals surface area contributed by atoms with Crippen LogP contribution in [0.2, 0.25) is 0 Å². The summed E-state index contributed by atoms with van der Waals surface area (Å²) in [6.07, 6.45) is 0. The van der Waals surface area contributed by atoms with Crippen LogP contribution in [0.4, 0.5) is 0 Å². The van der Waals surface area contributed by atoms with Crippen LogP contribution in [-0.4, -0.2) is 26.2 Å². The van der Waals surface area contributed by atoms with Crippen LogP contribution in [0.3, 0.4) is 0 Å². The number of aryl methyl sites for hydroxylation is 1. The van der Waals surface area contributed by atoms with Crippen molar-refractivity contribution in [2.45, 2.75) is 20.4 Å². The number of benzene rings is 1. The third kappa shape index (κ3) is 4.44. The van der Waals surface area contributed by atoms with E-state index < -0.39 is 0 Å².